The molecule has 0 unspecified atom stereocenters. The average molecular weight is 284 g/mol. The van der Waals surface area contributed by atoms with E-state index in [0.717, 1.165) is 36.8 Å². The number of nitrogens with zero attached hydrogens (tertiary/aromatic N) is 4. The highest BCUT2D eigenvalue weighted by Crippen LogP contribution is 2.09. The number of pyridine rings is 1. The quantitative estimate of drug-likeness (QED) is 0.507. The van der Waals surface area contributed by atoms with E-state index in [2.05, 4.69) is 44.9 Å². The maximum Gasteiger partial charge on any atom is 0.191 e. The van der Waals surface area contributed by atoms with E-state index < -0.39 is 0 Å². The van der Waals surface area contributed by atoms with Gasteiger partial charge in [-0.25, -0.2) is 4.99 Å². The van der Waals surface area contributed by atoms with E-state index >= 15 is 0 Å². The van der Waals surface area contributed by atoms with Gasteiger partial charge in [0.1, 0.15) is 6.54 Å². The lowest BCUT2D eigenvalue weighted by atomic mass is 10.2. The summed E-state index contributed by atoms with van der Waals surface area (Å²) in [5.41, 5.74) is 0.848. The van der Waals surface area contributed by atoms with Gasteiger partial charge >= 0.3 is 0 Å². The number of rotatable bonds is 4. The highest BCUT2D eigenvalue weighted by atomic mass is 15.3. The van der Waals surface area contributed by atoms with Gasteiger partial charge in [0, 0.05) is 18.8 Å². The van der Waals surface area contributed by atoms with Gasteiger partial charge in [0.05, 0.1) is 0 Å². The highest BCUT2D eigenvalue weighted by Gasteiger charge is 2.12. The monoisotopic (exact) mass is 284 g/mol. The first kappa shape index (κ1) is 13.6. The SMILES string of the molecule is CCNC(=NCc1nnc2ccccn12)NC1CC=CC1. The van der Waals surface area contributed by atoms with Crippen LogP contribution in [0.15, 0.2) is 41.5 Å². The van der Waals surface area contributed by atoms with Gasteiger partial charge in [-0.2, -0.15) is 0 Å². The molecule has 0 fully saturated rings. The third-order valence-corrected chi connectivity index (χ3v) is 3.46. The summed E-state index contributed by atoms with van der Waals surface area (Å²) >= 11 is 0. The first-order chi connectivity index (χ1) is 10.4. The number of nitrogens with one attached hydrogen (secondary N) is 2. The fourth-order valence-electron chi connectivity index (χ4n) is 2.40. The van der Waals surface area contributed by atoms with Crippen LogP contribution in [0.2, 0.25) is 0 Å². The number of hydrogen-bond donors (Lipinski definition) is 2. The van der Waals surface area contributed by atoms with E-state index in [-0.39, 0.29) is 0 Å². The van der Waals surface area contributed by atoms with Crippen molar-refractivity contribution in [3.63, 3.8) is 0 Å². The van der Waals surface area contributed by atoms with Crippen molar-refractivity contribution in [1.29, 1.82) is 0 Å². The number of aliphatic imine (C=N–C) groups is 1. The smallest absolute Gasteiger partial charge is 0.191 e. The van der Waals surface area contributed by atoms with Gasteiger partial charge < -0.3 is 10.6 Å². The number of guanidine groups is 1. The van der Waals surface area contributed by atoms with Crippen LogP contribution in [0.5, 0.6) is 0 Å². The molecule has 2 aromatic heterocycles. The van der Waals surface area contributed by atoms with Gasteiger partial charge in [0.25, 0.3) is 0 Å². The summed E-state index contributed by atoms with van der Waals surface area (Å²) in [5, 5.41) is 15.1. The van der Waals surface area contributed by atoms with E-state index in [1.54, 1.807) is 0 Å². The predicted octanol–water partition coefficient (Wildman–Crippen LogP) is 1.50. The zero-order valence-electron chi connectivity index (χ0n) is 12.2. The molecule has 6 heteroatoms. The minimum absolute atomic E-state index is 0.443. The van der Waals surface area contributed by atoms with Crippen LogP contribution in [0, 0.1) is 0 Å². The Hall–Kier alpha value is -2.37. The van der Waals surface area contributed by atoms with Crippen LogP contribution in [0.1, 0.15) is 25.6 Å². The topological polar surface area (TPSA) is 66.6 Å². The lowest BCUT2D eigenvalue weighted by molar-refractivity contribution is 0.632. The number of fused-ring (bicyclic) bond motifs is 1. The molecule has 0 radical (unpaired) electrons. The minimum atomic E-state index is 0.443. The molecule has 6 nitrogen and oxygen atoms in total. The van der Waals surface area contributed by atoms with E-state index in [9.17, 15) is 0 Å². The first-order valence-corrected chi connectivity index (χ1v) is 7.35. The average Bonchev–Trinajstić information content (AvgIpc) is 3.14. The van der Waals surface area contributed by atoms with Gasteiger partial charge in [-0.15, -0.1) is 10.2 Å². The predicted molar refractivity (Wildman–Crippen MR) is 83.1 cm³/mol. The Morgan fingerprint density at radius 1 is 1.33 bits per heavy atom. The molecule has 3 rings (SSSR count). The molecule has 0 saturated carbocycles. The van der Waals surface area contributed by atoms with Gasteiger partial charge in [-0.3, -0.25) is 4.40 Å². The van der Waals surface area contributed by atoms with Crippen molar-refractivity contribution < 1.29 is 0 Å². The summed E-state index contributed by atoms with van der Waals surface area (Å²) in [5.74, 6) is 1.67. The summed E-state index contributed by atoms with van der Waals surface area (Å²) in [4.78, 5) is 4.61. The van der Waals surface area contributed by atoms with Crippen LogP contribution in [-0.4, -0.2) is 33.1 Å². The van der Waals surface area contributed by atoms with Gasteiger partial charge in [-0.1, -0.05) is 18.2 Å². The fraction of sp³-hybridized carbons (Fsp3) is 0.400. The van der Waals surface area contributed by atoms with E-state index in [1.165, 1.54) is 0 Å². The number of aromatic nitrogens is 3. The summed E-state index contributed by atoms with van der Waals surface area (Å²) < 4.78 is 1.96. The second-order valence-electron chi connectivity index (χ2n) is 5.02. The molecule has 0 bridgehead atoms. The Morgan fingerprint density at radius 2 is 2.19 bits per heavy atom. The molecule has 0 aromatic carbocycles. The van der Waals surface area contributed by atoms with E-state index in [1.807, 2.05) is 28.8 Å². The zero-order valence-corrected chi connectivity index (χ0v) is 12.2. The van der Waals surface area contributed by atoms with Crippen molar-refractivity contribution in [2.75, 3.05) is 6.54 Å². The summed E-state index contributed by atoms with van der Waals surface area (Å²) in [6.07, 6.45) is 8.47. The lowest BCUT2D eigenvalue weighted by Gasteiger charge is -2.16. The van der Waals surface area contributed by atoms with Crippen LogP contribution in [0.3, 0.4) is 0 Å². The molecule has 0 spiro atoms. The minimum Gasteiger partial charge on any atom is -0.357 e. The van der Waals surface area contributed by atoms with Crippen molar-refractivity contribution >= 4 is 11.6 Å². The van der Waals surface area contributed by atoms with Crippen LogP contribution in [0.4, 0.5) is 0 Å². The van der Waals surface area contributed by atoms with Crippen LogP contribution in [-0.2, 0) is 6.54 Å². The van der Waals surface area contributed by atoms with E-state index in [0.29, 0.717) is 12.6 Å². The molecule has 1 aliphatic carbocycles. The second-order valence-corrected chi connectivity index (χ2v) is 5.02. The highest BCUT2D eigenvalue weighted by molar-refractivity contribution is 5.80. The Morgan fingerprint density at radius 3 is 3.00 bits per heavy atom. The molecule has 0 amide bonds. The number of hydrogen-bond acceptors (Lipinski definition) is 3. The van der Waals surface area contributed by atoms with Gasteiger partial charge in [0.15, 0.2) is 17.4 Å². The van der Waals surface area contributed by atoms with Crippen LogP contribution >= 0.6 is 0 Å². The van der Waals surface area contributed by atoms with Crippen LogP contribution < -0.4 is 10.6 Å². The molecular formula is C15H20N6. The molecular weight excluding hydrogens is 264 g/mol. The Labute approximate surface area is 124 Å². The molecule has 0 saturated heterocycles. The third-order valence-electron chi connectivity index (χ3n) is 3.46. The Bertz CT molecular complexity index is 649. The van der Waals surface area contributed by atoms with Crippen molar-refractivity contribution in [2.45, 2.75) is 32.4 Å². The summed E-state index contributed by atoms with van der Waals surface area (Å²) in [6, 6.07) is 6.30. The molecule has 110 valence electrons. The molecule has 0 aliphatic heterocycles. The largest absolute Gasteiger partial charge is 0.357 e. The summed E-state index contributed by atoms with van der Waals surface area (Å²) in [6.45, 7) is 3.41. The normalized spacial score (nSPS) is 15.8. The van der Waals surface area contributed by atoms with Crippen molar-refractivity contribution in [3.05, 3.63) is 42.4 Å². The molecule has 1 aliphatic rings. The van der Waals surface area contributed by atoms with Crippen molar-refractivity contribution in [2.24, 2.45) is 4.99 Å². The molecule has 2 N–H and O–H groups in total. The van der Waals surface area contributed by atoms with Gasteiger partial charge in [-0.05, 0) is 31.9 Å². The fourth-order valence-corrected chi connectivity index (χ4v) is 2.40. The standard InChI is InChI=1S/C15H20N6/c1-2-16-15(18-12-7-3-4-8-12)17-11-14-20-19-13-9-5-6-10-21(13)14/h3-6,9-10,12H,2,7-8,11H2,1H3,(H2,16,17,18). The summed E-state index contributed by atoms with van der Waals surface area (Å²) in [7, 11) is 0. The van der Waals surface area contributed by atoms with Gasteiger partial charge in [0.2, 0.25) is 0 Å². The van der Waals surface area contributed by atoms with E-state index in [4.69, 9.17) is 0 Å². The molecule has 2 heterocycles. The first-order valence-electron chi connectivity index (χ1n) is 7.35. The Kier molecular flexibility index (Phi) is 4.14. The molecule has 21 heavy (non-hydrogen) atoms. The second kappa shape index (κ2) is 6.39. The maximum absolute atomic E-state index is 4.61. The molecule has 0 atom stereocenters. The third kappa shape index (κ3) is 3.21. The molecule has 2 aromatic rings. The maximum atomic E-state index is 4.61. The zero-order chi connectivity index (χ0) is 14.5. The lowest BCUT2D eigenvalue weighted by Crippen LogP contribution is -2.42. The van der Waals surface area contributed by atoms with Crippen molar-refractivity contribution in [3.8, 4) is 0 Å². The van der Waals surface area contributed by atoms with Crippen molar-refractivity contribution in [1.82, 2.24) is 25.2 Å². The Balaban J connectivity index is 1.71. The van der Waals surface area contributed by atoms with Crippen LogP contribution in [0.25, 0.3) is 5.65 Å².